The summed E-state index contributed by atoms with van der Waals surface area (Å²) in [6, 6.07) is 7.58. The van der Waals surface area contributed by atoms with Crippen molar-refractivity contribution < 1.29 is 14.4 Å². The minimum Gasteiger partial charge on any atom is -0.497 e. The summed E-state index contributed by atoms with van der Waals surface area (Å²) >= 11 is 0. The largest absolute Gasteiger partial charge is 0.497 e. The van der Waals surface area contributed by atoms with Gasteiger partial charge in [0.2, 0.25) is 5.89 Å². The number of hydrogen-bond donors (Lipinski definition) is 1. The van der Waals surface area contributed by atoms with E-state index in [1.54, 1.807) is 7.11 Å². The van der Waals surface area contributed by atoms with Crippen molar-refractivity contribution in [3.8, 4) is 5.75 Å². The fourth-order valence-corrected chi connectivity index (χ4v) is 2.49. The van der Waals surface area contributed by atoms with E-state index in [9.17, 15) is 5.11 Å². The Bertz CT molecular complexity index is 607. The number of benzene rings is 1. The zero-order valence-corrected chi connectivity index (χ0v) is 12.9. The molecule has 0 spiro atoms. The molecule has 6 heteroatoms. The number of hydrogen-bond acceptors (Lipinski definition) is 6. The molecule has 3 rings (SSSR count). The molecule has 1 unspecified atom stereocenters. The maximum atomic E-state index is 9.72. The highest BCUT2D eigenvalue weighted by atomic mass is 16.5. The Labute approximate surface area is 129 Å². The Kier molecular flexibility index (Phi) is 4.40. The van der Waals surface area contributed by atoms with Gasteiger partial charge in [0.1, 0.15) is 5.75 Å². The summed E-state index contributed by atoms with van der Waals surface area (Å²) in [6.45, 7) is 0.531. The number of methoxy groups -OCH3 is 1. The van der Waals surface area contributed by atoms with Crippen LogP contribution < -0.4 is 4.74 Å². The molecular formula is C16H21N3O3. The van der Waals surface area contributed by atoms with Gasteiger partial charge in [-0.2, -0.15) is 4.98 Å². The summed E-state index contributed by atoms with van der Waals surface area (Å²) in [5.41, 5.74) is 1.02. The first-order chi connectivity index (χ1) is 10.7. The van der Waals surface area contributed by atoms with Gasteiger partial charge in [0.25, 0.3) is 0 Å². The first-order valence-corrected chi connectivity index (χ1v) is 7.48. The number of aliphatic hydroxyl groups excluding tert-OH is 1. The highest BCUT2D eigenvalue weighted by Crippen LogP contribution is 2.38. The van der Waals surface area contributed by atoms with E-state index in [1.807, 2.05) is 36.2 Å². The lowest BCUT2D eigenvalue weighted by Gasteiger charge is -2.25. The van der Waals surface area contributed by atoms with E-state index < -0.39 is 0 Å². The van der Waals surface area contributed by atoms with Gasteiger partial charge < -0.3 is 14.4 Å². The second-order valence-corrected chi connectivity index (χ2v) is 5.71. The number of likely N-dealkylation sites (N-methyl/N-ethyl adjacent to an activating group) is 1. The van der Waals surface area contributed by atoms with E-state index in [2.05, 4.69) is 10.1 Å². The monoisotopic (exact) mass is 303 g/mol. The Morgan fingerprint density at radius 3 is 2.68 bits per heavy atom. The maximum Gasteiger partial charge on any atom is 0.240 e. The van der Waals surface area contributed by atoms with Crippen molar-refractivity contribution in [1.29, 1.82) is 0 Å². The Morgan fingerprint density at radius 2 is 2.09 bits per heavy atom. The topological polar surface area (TPSA) is 71.6 Å². The number of ether oxygens (including phenoxy) is 1. The second kappa shape index (κ2) is 6.46. The molecule has 1 aliphatic rings. The average molecular weight is 303 g/mol. The smallest absolute Gasteiger partial charge is 0.240 e. The van der Waals surface area contributed by atoms with Crippen molar-refractivity contribution in [2.24, 2.45) is 0 Å². The Morgan fingerprint density at radius 1 is 1.36 bits per heavy atom. The number of nitrogens with zero attached hydrogens (tertiary/aromatic N) is 3. The summed E-state index contributed by atoms with van der Waals surface area (Å²) in [5, 5.41) is 13.7. The van der Waals surface area contributed by atoms with Crippen LogP contribution in [0.1, 0.15) is 42.1 Å². The van der Waals surface area contributed by atoms with Gasteiger partial charge in [0, 0.05) is 5.92 Å². The second-order valence-electron chi connectivity index (χ2n) is 5.71. The summed E-state index contributed by atoms with van der Waals surface area (Å²) in [7, 11) is 3.57. The van der Waals surface area contributed by atoms with Crippen molar-refractivity contribution in [2.45, 2.75) is 31.3 Å². The van der Waals surface area contributed by atoms with Crippen LogP contribution in [-0.4, -0.2) is 40.9 Å². The first-order valence-electron chi connectivity index (χ1n) is 7.48. The zero-order chi connectivity index (χ0) is 15.5. The van der Waals surface area contributed by atoms with Gasteiger partial charge in [-0.1, -0.05) is 17.3 Å². The van der Waals surface area contributed by atoms with Crippen molar-refractivity contribution in [3.05, 3.63) is 41.5 Å². The highest BCUT2D eigenvalue weighted by Gasteiger charge is 2.29. The fourth-order valence-electron chi connectivity index (χ4n) is 2.49. The van der Waals surface area contributed by atoms with Crippen LogP contribution in [0.5, 0.6) is 5.75 Å². The molecule has 1 N–H and O–H groups in total. The van der Waals surface area contributed by atoms with Crippen LogP contribution in [0.25, 0.3) is 0 Å². The van der Waals surface area contributed by atoms with Crippen LogP contribution in [0.4, 0.5) is 0 Å². The van der Waals surface area contributed by atoms with Gasteiger partial charge in [-0.15, -0.1) is 0 Å². The molecule has 1 atom stereocenters. The van der Waals surface area contributed by atoms with Gasteiger partial charge in [0.05, 0.1) is 26.3 Å². The van der Waals surface area contributed by atoms with Gasteiger partial charge in [-0.25, -0.2) is 0 Å². The lowest BCUT2D eigenvalue weighted by atomic mass is 10.1. The van der Waals surface area contributed by atoms with Crippen LogP contribution in [0, 0.1) is 0 Å². The summed E-state index contributed by atoms with van der Waals surface area (Å²) in [5.74, 6) is 2.69. The predicted octanol–water partition coefficient (Wildman–Crippen LogP) is 2.12. The van der Waals surface area contributed by atoms with E-state index in [0.29, 0.717) is 18.4 Å². The van der Waals surface area contributed by atoms with Crippen molar-refractivity contribution in [2.75, 3.05) is 20.8 Å². The third-order valence-corrected chi connectivity index (χ3v) is 4.02. The predicted molar refractivity (Wildman–Crippen MR) is 80.6 cm³/mol. The molecule has 0 aliphatic heterocycles. The molecular weight excluding hydrogens is 282 g/mol. The SMILES string of the molecule is COc1ccc(C(CO)N(C)Cc2nc(C3CC3)no2)cc1. The van der Waals surface area contributed by atoms with Gasteiger partial charge in [-0.05, 0) is 37.6 Å². The number of aliphatic hydroxyl groups is 1. The average Bonchev–Trinajstić information content (AvgIpc) is 3.29. The molecule has 0 radical (unpaired) electrons. The van der Waals surface area contributed by atoms with E-state index >= 15 is 0 Å². The van der Waals surface area contributed by atoms with E-state index in [-0.39, 0.29) is 12.6 Å². The lowest BCUT2D eigenvalue weighted by molar-refractivity contribution is 0.131. The third-order valence-electron chi connectivity index (χ3n) is 4.02. The molecule has 1 aromatic heterocycles. The van der Waals surface area contributed by atoms with Crippen molar-refractivity contribution >= 4 is 0 Å². The minimum absolute atomic E-state index is 0.0203. The Hall–Kier alpha value is -1.92. The van der Waals surface area contributed by atoms with Crippen LogP contribution in [-0.2, 0) is 6.54 Å². The third kappa shape index (κ3) is 3.28. The van der Waals surface area contributed by atoms with Gasteiger partial charge in [0.15, 0.2) is 5.82 Å². The standard InChI is InChI=1S/C16H21N3O3/c1-19(9-15-17-16(18-22-15)12-3-4-12)14(10-20)11-5-7-13(21-2)8-6-11/h5-8,12,14,20H,3-4,9-10H2,1-2H3. The summed E-state index contributed by atoms with van der Waals surface area (Å²) < 4.78 is 10.5. The van der Waals surface area contributed by atoms with Gasteiger partial charge in [-0.3, -0.25) is 4.90 Å². The molecule has 0 bridgehead atoms. The lowest BCUT2D eigenvalue weighted by Crippen LogP contribution is -2.27. The molecule has 118 valence electrons. The molecule has 1 aromatic carbocycles. The van der Waals surface area contributed by atoms with Crippen LogP contribution in [0.3, 0.4) is 0 Å². The molecule has 1 saturated carbocycles. The quantitative estimate of drug-likeness (QED) is 0.845. The van der Waals surface area contributed by atoms with Crippen LogP contribution >= 0.6 is 0 Å². The normalized spacial score (nSPS) is 16.0. The van der Waals surface area contributed by atoms with E-state index in [4.69, 9.17) is 9.26 Å². The zero-order valence-electron chi connectivity index (χ0n) is 12.9. The van der Waals surface area contributed by atoms with Crippen LogP contribution in [0.15, 0.2) is 28.8 Å². The fraction of sp³-hybridized carbons (Fsp3) is 0.500. The number of rotatable bonds is 7. The van der Waals surface area contributed by atoms with E-state index in [0.717, 1.165) is 30.0 Å². The highest BCUT2D eigenvalue weighted by molar-refractivity contribution is 5.29. The summed E-state index contributed by atoms with van der Waals surface area (Å²) in [6.07, 6.45) is 2.31. The Balaban J connectivity index is 1.67. The molecule has 6 nitrogen and oxygen atoms in total. The summed E-state index contributed by atoms with van der Waals surface area (Å²) in [4.78, 5) is 6.43. The molecule has 0 saturated heterocycles. The van der Waals surface area contributed by atoms with E-state index in [1.165, 1.54) is 0 Å². The minimum atomic E-state index is -0.123. The molecule has 22 heavy (non-hydrogen) atoms. The first kappa shape index (κ1) is 15.0. The molecule has 2 aromatic rings. The molecule has 1 fully saturated rings. The maximum absolute atomic E-state index is 9.72. The van der Waals surface area contributed by atoms with Gasteiger partial charge >= 0.3 is 0 Å². The van der Waals surface area contributed by atoms with Crippen molar-refractivity contribution in [3.63, 3.8) is 0 Å². The number of aromatic nitrogens is 2. The molecule has 0 amide bonds. The van der Waals surface area contributed by atoms with Crippen molar-refractivity contribution in [1.82, 2.24) is 15.0 Å². The molecule has 1 aliphatic carbocycles. The molecule has 1 heterocycles. The van der Waals surface area contributed by atoms with Crippen LogP contribution in [0.2, 0.25) is 0 Å².